The molecular weight excluding hydrogens is 258 g/mol. The molecule has 0 radical (unpaired) electrons. The van der Waals surface area contributed by atoms with E-state index in [4.69, 9.17) is 0 Å². The standard InChI is InChI=1S/C15H17NO4/c1-8-3-4-10(5-9(8)2)11-6-15(16,14(19)20)7-12(11)13(17)18/h3-5,7,11H,6,16H2,1-2H3,(H,17,18)(H,19,20)/p+1/t11-,15-/m0/s1. The number of carboxylic acids is 2. The number of hydrogen-bond donors (Lipinski definition) is 3. The van der Waals surface area contributed by atoms with Gasteiger partial charge in [0.2, 0.25) is 5.54 Å². The number of aliphatic carboxylic acids is 2. The molecular formula is C15H18NO4+. The lowest BCUT2D eigenvalue weighted by atomic mass is 9.87. The van der Waals surface area contributed by atoms with Gasteiger partial charge in [0, 0.05) is 17.9 Å². The van der Waals surface area contributed by atoms with E-state index in [0.29, 0.717) is 0 Å². The summed E-state index contributed by atoms with van der Waals surface area (Å²) < 4.78 is 0. The van der Waals surface area contributed by atoms with Crippen LogP contribution in [0.25, 0.3) is 0 Å². The van der Waals surface area contributed by atoms with Crippen LogP contribution >= 0.6 is 0 Å². The minimum Gasteiger partial charge on any atom is -0.478 e. The molecule has 0 saturated carbocycles. The van der Waals surface area contributed by atoms with Gasteiger partial charge < -0.3 is 15.9 Å². The molecule has 5 heteroatoms. The zero-order chi connectivity index (χ0) is 15.1. The Balaban J connectivity index is 2.46. The molecule has 0 aromatic heterocycles. The van der Waals surface area contributed by atoms with Gasteiger partial charge in [0.25, 0.3) is 0 Å². The first-order chi connectivity index (χ1) is 9.24. The predicted octanol–water partition coefficient (Wildman–Crippen LogP) is 0.867. The topological polar surface area (TPSA) is 102 Å². The SMILES string of the molecule is Cc1ccc([C@@H]2C[C@@]([NH3+])(C(=O)O)C=C2C(=O)O)cc1C. The first-order valence-corrected chi connectivity index (χ1v) is 6.36. The molecule has 2 atom stereocenters. The van der Waals surface area contributed by atoms with E-state index >= 15 is 0 Å². The number of carbonyl (C=O) groups is 2. The maximum atomic E-state index is 11.4. The summed E-state index contributed by atoms with van der Waals surface area (Å²) in [5.74, 6) is -2.61. The summed E-state index contributed by atoms with van der Waals surface area (Å²) in [5, 5.41) is 18.5. The number of benzene rings is 1. The molecule has 20 heavy (non-hydrogen) atoms. The molecule has 0 unspecified atom stereocenters. The Morgan fingerprint density at radius 3 is 2.40 bits per heavy atom. The second-order valence-corrected chi connectivity index (χ2v) is 5.47. The van der Waals surface area contributed by atoms with Gasteiger partial charge in [-0.1, -0.05) is 18.2 Å². The predicted molar refractivity (Wildman–Crippen MR) is 72.2 cm³/mol. The third kappa shape index (κ3) is 2.32. The summed E-state index contributed by atoms with van der Waals surface area (Å²) in [6.07, 6.45) is 1.45. The van der Waals surface area contributed by atoms with Crippen LogP contribution in [0.15, 0.2) is 29.8 Å². The number of carboxylic acid groups (broad SMARTS) is 2. The minimum atomic E-state index is -1.36. The molecule has 2 rings (SSSR count). The van der Waals surface area contributed by atoms with Crippen molar-refractivity contribution in [3.05, 3.63) is 46.5 Å². The van der Waals surface area contributed by atoms with Gasteiger partial charge in [-0.25, -0.2) is 9.59 Å². The molecule has 1 aromatic carbocycles. The van der Waals surface area contributed by atoms with Crippen LogP contribution in [0.5, 0.6) is 0 Å². The van der Waals surface area contributed by atoms with Gasteiger partial charge in [0.05, 0.1) is 0 Å². The summed E-state index contributed by atoms with van der Waals surface area (Å²) >= 11 is 0. The lowest BCUT2D eigenvalue weighted by Gasteiger charge is -2.17. The molecule has 106 valence electrons. The van der Waals surface area contributed by atoms with E-state index in [1.165, 1.54) is 6.08 Å². The summed E-state index contributed by atoms with van der Waals surface area (Å²) in [6.45, 7) is 3.93. The maximum absolute atomic E-state index is 11.4. The average molecular weight is 276 g/mol. The second kappa shape index (κ2) is 4.76. The van der Waals surface area contributed by atoms with Gasteiger partial charge in [-0.15, -0.1) is 0 Å². The summed E-state index contributed by atoms with van der Waals surface area (Å²) in [7, 11) is 0. The smallest absolute Gasteiger partial charge is 0.369 e. The van der Waals surface area contributed by atoms with Crippen molar-refractivity contribution in [2.45, 2.75) is 31.7 Å². The van der Waals surface area contributed by atoms with E-state index < -0.39 is 23.4 Å². The molecule has 0 heterocycles. The van der Waals surface area contributed by atoms with Crippen LogP contribution in [-0.4, -0.2) is 27.7 Å². The van der Waals surface area contributed by atoms with E-state index in [1.54, 1.807) is 0 Å². The monoisotopic (exact) mass is 276 g/mol. The molecule has 5 nitrogen and oxygen atoms in total. The van der Waals surface area contributed by atoms with E-state index in [0.717, 1.165) is 16.7 Å². The van der Waals surface area contributed by atoms with E-state index in [1.807, 2.05) is 32.0 Å². The fourth-order valence-corrected chi connectivity index (χ4v) is 2.57. The van der Waals surface area contributed by atoms with Crippen molar-refractivity contribution in [2.75, 3.05) is 0 Å². The van der Waals surface area contributed by atoms with Crippen LogP contribution in [0.1, 0.15) is 29.0 Å². The molecule has 0 bridgehead atoms. The van der Waals surface area contributed by atoms with Gasteiger partial charge in [0.15, 0.2) is 0 Å². The van der Waals surface area contributed by atoms with Crippen molar-refractivity contribution in [1.82, 2.24) is 0 Å². The normalized spacial score (nSPS) is 25.4. The fourth-order valence-electron chi connectivity index (χ4n) is 2.57. The van der Waals surface area contributed by atoms with Crippen molar-refractivity contribution in [3.8, 4) is 0 Å². The largest absolute Gasteiger partial charge is 0.478 e. The number of quaternary nitrogens is 1. The van der Waals surface area contributed by atoms with Crippen LogP contribution in [0.3, 0.4) is 0 Å². The van der Waals surface area contributed by atoms with Gasteiger partial charge in [-0.3, -0.25) is 0 Å². The van der Waals surface area contributed by atoms with Gasteiger partial charge in [0.1, 0.15) is 0 Å². The number of aryl methyl sites for hydroxylation is 2. The summed E-state index contributed by atoms with van der Waals surface area (Å²) in [5.41, 5.74) is 5.43. The van der Waals surface area contributed by atoms with Crippen molar-refractivity contribution in [3.63, 3.8) is 0 Å². The first-order valence-electron chi connectivity index (χ1n) is 6.36. The van der Waals surface area contributed by atoms with E-state index in [9.17, 15) is 19.8 Å². The van der Waals surface area contributed by atoms with E-state index in [-0.39, 0.29) is 12.0 Å². The van der Waals surface area contributed by atoms with Crippen molar-refractivity contribution in [1.29, 1.82) is 0 Å². The Morgan fingerprint density at radius 2 is 1.90 bits per heavy atom. The van der Waals surface area contributed by atoms with Crippen molar-refractivity contribution in [2.24, 2.45) is 0 Å². The quantitative estimate of drug-likeness (QED) is 0.762. The van der Waals surface area contributed by atoms with Crippen LogP contribution in [0, 0.1) is 13.8 Å². The van der Waals surface area contributed by atoms with Gasteiger partial charge in [-0.2, -0.15) is 0 Å². The van der Waals surface area contributed by atoms with Crippen LogP contribution in [0.2, 0.25) is 0 Å². The van der Waals surface area contributed by atoms with Crippen LogP contribution in [-0.2, 0) is 9.59 Å². The van der Waals surface area contributed by atoms with Crippen LogP contribution in [0.4, 0.5) is 0 Å². The molecule has 0 spiro atoms. The maximum Gasteiger partial charge on any atom is 0.369 e. The Morgan fingerprint density at radius 1 is 1.25 bits per heavy atom. The number of rotatable bonds is 3. The molecule has 0 amide bonds. The fraction of sp³-hybridized carbons (Fsp3) is 0.333. The highest BCUT2D eigenvalue weighted by atomic mass is 16.4. The Labute approximate surface area is 116 Å². The van der Waals surface area contributed by atoms with Gasteiger partial charge in [-0.05, 0) is 36.6 Å². The Kier molecular flexibility index (Phi) is 3.39. The summed E-state index contributed by atoms with van der Waals surface area (Å²) in [4.78, 5) is 22.6. The molecule has 0 aliphatic heterocycles. The minimum absolute atomic E-state index is 0.116. The molecule has 0 saturated heterocycles. The van der Waals surface area contributed by atoms with Crippen molar-refractivity contribution < 1.29 is 25.5 Å². The Bertz CT molecular complexity index is 620. The molecule has 0 fully saturated rings. The highest BCUT2D eigenvalue weighted by molar-refractivity contribution is 5.93. The van der Waals surface area contributed by atoms with E-state index in [2.05, 4.69) is 5.73 Å². The highest BCUT2D eigenvalue weighted by Gasteiger charge is 2.48. The van der Waals surface area contributed by atoms with Gasteiger partial charge >= 0.3 is 11.9 Å². The lowest BCUT2D eigenvalue weighted by molar-refractivity contribution is -0.444. The Hall–Kier alpha value is -2.14. The zero-order valence-electron chi connectivity index (χ0n) is 11.5. The second-order valence-electron chi connectivity index (χ2n) is 5.47. The number of hydrogen-bond acceptors (Lipinski definition) is 2. The third-order valence-electron chi connectivity index (χ3n) is 3.98. The molecule has 1 aliphatic carbocycles. The summed E-state index contributed by atoms with van der Waals surface area (Å²) in [6, 6.07) is 5.70. The first kappa shape index (κ1) is 14.3. The third-order valence-corrected chi connectivity index (χ3v) is 3.98. The van der Waals surface area contributed by atoms with Crippen molar-refractivity contribution >= 4 is 11.9 Å². The lowest BCUT2D eigenvalue weighted by Crippen LogP contribution is -2.75. The molecule has 1 aromatic rings. The average Bonchev–Trinajstić information content (AvgIpc) is 2.73. The molecule has 5 N–H and O–H groups in total. The highest BCUT2D eigenvalue weighted by Crippen LogP contribution is 2.39. The molecule has 1 aliphatic rings. The van der Waals surface area contributed by atoms with Crippen LogP contribution < -0.4 is 5.73 Å². The zero-order valence-corrected chi connectivity index (χ0v) is 11.5.